The van der Waals surface area contributed by atoms with Gasteiger partial charge in [0.15, 0.2) is 0 Å². The van der Waals surface area contributed by atoms with E-state index in [-0.39, 0.29) is 12.7 Å². The van der Waals surface area contributed by atoms with Gasteiger partial charge in [0.1, 0.15) is 6.10 Å². The second-order valence-corrected chi connectivity index (χ2v) is 4.53. The predicted octanol–water partition coefficient (Wildman–Crippen LogP) is 1.69. The van der Waals surface area contributed by atoms with Gasteiger partial charge in [0.2, 0.25) is 0 Å². The lowest BCUT2D eigenvalue weighted by Gasteiger charge is -2.26. The van der Waals surface area contributed by atoms with Crippen LogP contribution in [0.5, 0.6) is 0 Å². The highest BCUT2D eigenvalue weighted by Gasteiger charge is 2.20. The molecule has 4 nitrogen and oxygen atoms in total. The van der Waals surface area contributed by atoms with E-state index in [0.717, 1.165) is 19.6 Å². The fourth-order valence-electron chi connectivity index (χ4n) is 2.41. The number of rotatable bonds is 3. The van der Waals surface area contributed by atoms with Gasteiger partial charge in [0, 0.05) is 6.20 Å². The third-order valence-corrected chi connectivity index (χ3v) is 3.32. The molecule has 0 saturated carbocycles. The summed E-state index contributed by atoms with van der Waals surface area (Å²) in [5, 5.41) is 9.01. The first kappa shape index (κ1) is 11.4. The summed E-state index contributed by atoms with van der Waals surface area (Å²) in [6.45, 7) is 1.49. The molecule has 1 aliphatic heterocycles. The quantitative estimate of drug-likeness (QED) is 0.893. The smallest absolute Gasteiger partial charge is 0.101 e. The zero-order chi connectivity index (χ0) is 12.4. The number of aromatic nitrogens is 2. The van der Waals surface area contributed by atoms with Crippen LogP contribution in [-0.4, -0.2) is 21.3 Å². The molecule has 2 heterocycles. The van der Waals surface area contributed by atoms with Crippen molar-refractivity contribution in [3.8, 4) is 0 Å². The SMILES string of the molecule is OCc1cn(CC2OCCc3ccccc32)cn1. The molecule has 2 aromatic rings. The molecule has 3 rings (SSSR count). The summed E-state index contributed by atoms with van der Waals surface area (Å²) in [5.41, 5.74) is 3.33. The van der Waals surface area contributed by atoms with Crippen molar-refractivity contribution in [2.45, 2.75) is 25.7 Å². The second-order valence-electron chi connectivity index (χ2n) is 4.53. The minimum Gasteiger partial charge on any atom is -0.390 e. The third-order valence-electron chi connectivity index (χ3n) is 3.32. The van der Waals surface area contributed by atoms with Gasteiger partial charge in [-0.2, -0.15) is 0 Å². The normalized spacial score (nSPS) is 18.6. The molecule has 94 valence electrons. The number of aliphatic hydroxyl groups excluding tert-OH is 1. The van der Waals surface area contributed by atoms with Gasteiger partial charge in [-0.3, -0.25) is 0 Å². The summed E-state index contributed by atoms with van der Waals surface area (Å²) < 4.78 is 7.81. The molecule has 1 unspecified atom stereocenters. The summed E-state index contributed by atoms with van der Waals surface area (Å²) in [4.78, 5) is 4.11. The lowest BCUT2D eigenvalue weighted by molar-refractivity contribution is 0.0305. The maximum Gasteiger partial charge on any atom is 0.101 e. The van der Waals surface area contributed by atoms with Crippen molar-refractivity contribution in [3.05, 3.63) is 53.6 Å². The van der Waals surface area contributed by atoms with E-state index in [2.05, 4.69) is 23.2 Å². The molecule has 0 amide bonds. The maximum absolute atomic E-state index is 9.01. The van der Waals surface area contributed by atoms with Crippen LogP contribution in [0.25, 0.3) is 0 Å². The van der Waals surface area contributed by atoms with Gasteiger partial charge in [0.25, 0.3) is 0 Å². The van der Waals surface area contributed by atoms with Gasteiger partial charge in [-0.25, -0.2) is 4.98 Å². The highest BCUT2D eigenvalue weighted by atomic mass is 16.5. The number of nitrogens with zero attached hydrogens (tertiary/aromatic N) is 2. The number of hydrogen-bond donors (Lipinski definition) is 1. The average Bonchev–Trinajstić information content (AvgIpc) is 2.87. The Bertz CT molecular complexity index is 536. The van der Waals surface area contributed by atoms with Crippen LogP contribution >= 0.6 is 0 Å². The largest absolute Gasteiger partial charge is 0.390 e. The molecular weight excluding hydrogens is 228 g/mol. The minimum absolute atomic E-state index is 0.0187. The standard InChI is InChI=1S/C14H16N2O2/c17-9-12-7-16(10-15-12)8-14-13-4-2-1-3-11(13)5-6-18-14/h1-4,7,10,14,17H,5-6,8-9H2. The Kier molecular flexibility index (Phi) is 3.13. The number of hydrogen-bond acceptors (Lipinski definition) is 3. The van der Waals surface area contributed by atoms with E-state index in [4.69, 9.17) is 9.84 Å². The molecule has 0 bridgehead atoms. The van der Waals surface area contributed by atoms with Gasteiger partial charge in [0.05, 0.1) is 31.8 Å². The molecular formula is C14H16N2O2. The Balaban J connectivity index is 1.81. The van der Waals surface area contributed by atoms with E-state index >= 15 is 0 Å². The van der Waals surface area contributed by atoms with Gasteiger partial charge in [-0.1, -0.05) is 24.3 Å². The monoisotopic (exact) mass is 244 g/mol. The lowest BCUT2D eigenvalue weighted by Crippen LogP contribution is -2.20. The van der Waals surface area contributed by atoms with E-state index in [0.29, 0.717) is 5.69 Å². The molecule has 4 heteroatoms. The molecule has 1 aromatic carbocycles. The van der Waals surface area contributed by atoms with Gasteiger partial charge < -0.3 is 14.4 Å². The fourth-order valence-corrected chi connectivity index (χ4v) is 2.41. The van der Waals surface area contributed by atoms with E-state index in [1.807, 2.05) is 16.8 Å². The van der Waals surface area contributed by atoms with Crippen LogP contribution in [0.15, 0.2) is 36.8 Å². The van der Waals surface area contributed by atoms with Crippen molar-refractivity contribution in [1.29, 1.82) is 0 Å². The van der Waals surface area contributed by atoms with Crippen LogP contribution in [0.2, 0.25) is 0 Å². The summed E-state index contributed by atoms with van der Waals surface area (Å²) in [5.74, 6) is 0. The molecule has 0 aliphatic carbocycles. The first-order chi connectivity index (χ1) is 8.86. The summed E-state index contributed by atoms with van der Waals surface area (Å²) in [6, 6.07) is 8.41. The van der Waals surface area contributed by atoms with Crippen LogP contribution in [0.4, 0.5) is 0 Å². The number of benzene rings is 1. The number of imidazole rings is 1. The van der Waals surface area contributed by atoms with Crippen LogP contribution < -0.4 is 0 Å². The van der Waals surface area contributed by atoms with Crippen LogP contribution in [-0.2, 0) is 24.3 Å². The molecule has 0 fully saturated rings. The Labute approximate surface area is 106 Å². The van der Waals surface area contributed by atoms with Crippen molar-refractivity contribution < 1.29 is 9.84 Å². The first-order valence-corrected chi connectivity index (χ1v) is 6.18. The lowest BCUT2D eigenvalue weighted by atomic mass is 9.97. The first-order valence-electron chi connectivity index (χ1n) is 6.18. The Morgan fingerprint density at radius 1 is 1.39 bits per heavy atom. The molecule has 0 saturated heterocycles. The molecule has 0 radical (unpaired) electrons. The van der Waals surface area contributed by atoms with E-state index in [1.54, 1.807) is 6.33 Å². The van der Waals surface area contributed by atoms with Gasteiger partial charge in [-0.15, -0.1) is 0 Å². The van der Waals surface area contributed by atoms with E-state index < -0.39 is 0 Å². The summed E-state index contributed by atoms with van der Waals surface area (Å²) in [7, 11) is 0. The summed E-state index contributed by atoms with van der Waals surface area (Å²) in [6.07, 6.45) is 4.67. The highest BCUT2D eigenvalue weighted by Crippen LogP contribution is 2.28. The number of aliphatic hydroxyl groups is 1. The average molecular weight is 244 g/mol. The molecule has 1 aliphatic rings. The van der Waals surface area contributed by atoms with Gasteiger partial charge >= 0.3 is 0 Å². The van der Waals surface area contributed by atoms with E-state index in [9.17, 15) is 0 Å². The van der Waals surface area contributed by atoms with Gasteiger partial charge in [-0.05, 0) is 17.5 Å². The van der Waals surface area contributed by atoms with Crippen molar-refractivity contribution in [3.63, 3.8) is 0 Å². The molecule has 1 aromatic heterocycles. The van der Waals surface area contributed by atoms with Crippen molar-refractivity contribution in [2.24, 2.45) is 0 Å². The van der Waals surface area contributed by atoms with Crippen LogP contribution in [0.1, 0.15) is 22.9 Å². The van der Waals surface area contributed by atoms with Crippen molar-refractivity contribution in [1.82, 2.24) is 9.55 Å². The Hall–Kier alpha value is -1.65. The predicted molar refractivity (Wildman–Crippen MR) is 67.0 cm³/mol. The molecule has 18 heavy (non-hydrogen) atoms. The topological polar surface area (TPSA) is 47.3 Å². The Morgan fingerprint density at radius 2 is 2.28 bits per heavy atom. The highest BCUT2D eigenvalue weighted by molar-refractivity contribution is 5.30. The number of fused-ring (bicyclic) bond motifs is 1. The zero-order valence-electron chi connectivity index (χ0n) is 10.1. The molecule has 1 atom stereocenters. The zero-order valence-corrected chi connectivity index (χ0v) is 10.1. The third kappa shape index (κ3) is 2.17. The Morgan fingerprint density at radius 3 is 3.11 bits per heavy atom. The van der Waals surface area contributed by atoms with Crippen LogP contribution in [0.3, 0.4) is 0 Å². The summed E-state index contributed by atoms with van der Waals surface area (Å²) >= 11 is 0. The fraction of sp³-hybridized carbons (Fsp3) is 0.357. The number of ether oxygens (including phenoxy) is 1. The maximum atomic E-state index is 9.01. The second kappa shape index (κ2) is 4.92. The molecule has 0 spiro atoms. The minimum atomic E-state index is -0.0187. The van der Waals surface area contributed by atoms with Crippen molar-refractivity contribution >= 4 is 0 Å². The van der Waals surface area contributed by atoms with Crippen LogP contribution in [0, 0.1) is 0 Å². The van der Waals surface area contributed by atoms with Crippen molar-refractivity contribution in [2.75, 3.05) is 6.61 Å². The molecule has 1 N–H and O–H groups in total. The van der Waals surface area contributed by atoms with E-state index in [1.165, 1.54) is 11.1 Å².